The molecule has 0 aliphatic carbocycles. The van der Waals surface area contributed by atoms with Gasteiger partial charge < -0.3 is 9.47 Å². The van der Waals surface area contributed by atoms with Crippen molar-refractivity contribution in [2.45, 2.75) is 12.3 Å². The van der Waals surface area contributed by atoms with Crippen LogP contribution in [0.25, 0.3) is 0 Å². The highest BCUT2D eigenvalue weighted by Crippen LogP contribution is 2.42. The molecule has 110 valence electrons. The quantitative estimate of drug-likeness (QED) is 0.574. The molecule has 2 nitrogen and oxygen atoms in total. The summed E-state index contributed by atoms with van der Waals surface area (Å²) >= 11 is 13.8. The summed E-state index contributed by atoms with van der Waals surface area (Å²) < 4.78 is 13.2. The van der Waals surface area contributed by atoms with Crippen molar-refractivity contribution >= 4 is 43.5 Å². The molecular weight excluding hydrogens is 419 g/mol. The first-order chi connectivity index (χ1) is 10.1. The highest BCUT2D eigenvalue weighted by Gasteiger charge is 2.21. The van der Waals surface area contributed by atoms with Crippen molar-refractivity contribution in [1.82, 2.24) is 0 Å². The van der Waals surface area contributed by atoms with E-state index in [2.05, 4.69) is 38.8 Å². The van der Waals surface area contributed by atoms with Crippen molar-refractivity contribution in [1.29, 1.82) is 0 Å². The van der Waals surface area contributed by atoms with Crippen LogP contribution in [-0.2, 0) is 0 Å². The van der Waals surface area contributed by atoms with E-state index in [4.69, 9.17) is 21.1 Å². The van der Waals surface area contributed by atoms with E-state index in [0.717, 1.165) is 37.1 Å². The van der Waals surface area contributed by atoms with Gasteiger partial charge in [0.2, 0.25) is 0 Å². The molecule has 2 aromatic carbocycles. The molecule has 0 amide bonds. The predicted molar refractivity (Wildman–Crippen MR) is 91.7 cm³/mol. The molecule has 5 heteroatoms. The molecular formula is C16H13Br2ClO2. The highest BCUT2D eigenvalue weighted by atomic mass is 79.9. The molecule has 3 rings (SSSR count). The standard InChI is InChI=1S/C16H13Br2ClO2/c1-9-10(3-2-4-12(9)17)16(19)11-7-14-15(8-13(11)18)21-6-5-20-14/h2-4,7-8,16H,5-6H2,1H3. The molecule has 0 N–H and O–H groups in total. The number of alkyl halides is 1. The van der Waals surface area contributed by atoms with Crippen molar-refractivity contribution in [3.05, 3.63) is 56.0 Å². The molecule has 0 bridgehead atoms. The van der Waals surface area contributed by atoms with Crippen molar-refractivity contribution in [2.24, 2.45) is 0 Å². The Morgan fingerprint density at radius 2 is 1.67 bits per heavy atom. The van der Waals surface area contributed by atoms with Gasteiger partial charge in [-0.15, -0.1) is 11.6 Å². The van der Waals surface area contributed by atoms with Gasteiger partial charge in [-0.25, -0.2) is 0 Å². The van der Waals surface area contributed by atoms with Gasteiger partial charge in [0, 0.05) is 8.95 Å². The van der Waals surface area contributed by atoms with Crippen LogP contribution in [0.2, 0.25) is 0 Å². The maximum absolute atomic E-state index is 6.71. The van der Waals surface area contributed by atoms with Gasteiger partial charge in [0.15, 0.2) is 11.5 Å². The molecule has 0 saturated carbocycles. The van der Waals surface area contributed by atoms with E-state index in [1.54, 1.807) is 0 Å². The first-order valence-corrected chi connectivity index (χ1v) is 8.58. The zero-order chi connectivity index (χ0) is 15.0. The summed E-state index contributed by atoms with van der Waals surface area (Å²) in [6.07, 6.45) is 0. The Labute approximate surface area is 145 Å². The van der Waals surface area contributed by atoms with Crippen LogP contribution < -0.4 is 9.47 Å². The van der Waals surface area contributed by atoms with Gasteiger partial charge in [-0.05, 0) is 41.8 Å². The highest BCUT2D eigenvalue weighted by molar-refractivity contribution is 9.10. The molecule has 0 radical (unpaired) electrons. The third-order valence-electron chi connectivity index (χ3n) is 3.52. The number of hydrogen-bond donors (Lipinski definition) is 0. The summed E-state index contributed by atoms with van der Waals surface area (Å²) in [6, 6.07) is 9.93. The minimum Gasteiger partial charge on any atom is -0.486 e. The number of halogens is 3. The van der Waals surface area contributed by atoms with Crippen molar-refractivity contribution < 1.29 is 9.47 Å². The van der Waals surface area contributed by atoms with Crippen LogP contribution in [-0.4, -0.2) is 13.2 Å². The second-order valence-corrected chi connectivity index (χ2v) is 6.98. The van der Waals surface area contributed by atoms with Gasteiger partial charge in [-0.3, -0.25) is 0 Å². The summed E-state index contributed by atoms with van der Waals surface area (Å²) in [5.41, 5.74) is 3.19. The van der Waals surface area contributed by atoms with Crippen LogP contribution >= 0.6 is 43.5 Å². The molecule has 1 heterocycles. The molecule has 21 heavy (non-hydrogen) atoms. The Morgan fingerprint density at radius 1 is 1.00 bits per heavy atom. The monoisotopic (exact) mass is 430 g/mol. The zero-order valence-electron chi connectivity index (χ0n) is 11.3. The number of rotatable bonds is 2. The van der Waals surface area contributed by atoms with Gasteiger partial charge in [0.1, 0.15) is 13.2 Å². The second-order valence-electron chi connectivity index (χ2n) is 4.83. The van der Waals surface area contributed by atoms with Crippen LogP contribution in [0.15, 0.2) is 39.3 Å². The molecule has 1 unspecified atom stereocenters. The third kappa shape index (κ3) is 2.94. The van der Waals surface area contributed by atoms with Crippen LogP contribution in [0, 0.1) is 6.92 Å². The lowest BCUT2D eigenvalue weighted by atomic mass is 9.99. The molecule has 0 fully saturated rings. The zero-order valence-corrected chi connectivity index (χ0v) is 15.3. The molecule has 0 saturated heterocycles. The predicted octanol–water partition coefficient (Wildman–Crippen LogP) is 5.62. The third-order valence-corrected chi connectivity index (χ3v) is 5.53. The Balaban J connectivity index is 2.05. The first kappa shape index (κ1) is 15.2. The fourth-order valence-corrected chi connectivity index (χ4v) is 3.82. The number of benzene rings is 2. The number of hydrogen-bond acceptors (Lipinski definition) is 2. The van der Waals surface area contributed by atoms with Crippen molar-refractivity contribution in [3.8, 4) is 11.5 Å². The fourth-order valence-electron chi connectivity index (χ4n) is 2.34. The van der Waals surface area contributed by atoms with Crippen LogP contribution in [0.5, 0.6) is 11.5 Å². The second kappa shape index (κ2) is 6.19. The summed E-state index contributed by atoms with van der Waals surface area (Å²) in [7, 11) is 0. The fraction of sp³-hybridized carbons (Fsp3) is 0.250. The Morgan fingerprint density at radius 3 is 2.38 bits per heavy atom. The lowest BCUT2D eigenvalue weighted by Crippen LogP contribution is -2.15. The number of fused-ring (bicyclic) bond motifs is 1. The molecule has 0 spiro atoms. The van der Waals surface area contributed by atoms with Gasteiger partial charge in [0.05, 0.1) is 5.38 Å². The summed E-state index contributed by atoms with van der Waals surface area (Å²) in [5, 5.41) is -0.257. The summed E-state index contributed by atoms with van der Waals surface area (Å²) in [4.78, 5) is 0. The van der Waals surface area contributed by atoms with E-state index in [1.165, 1.54) is 0 Å². The van der Waals surface area contributed by atoms with E-state index in [9.17, 15) is 0 Å². The van der Waals surface area contributed by atoms with E-state index in [0.29, 0.717) is 13.2 Å². The minimum absolute atomic E-state index is 0.257. The maximum atomic E-state index is 6.71. The van der Waals surface area contributed by atoms with Crippen LogP contribution in [0.1, 0.15) is 22.1 Å². The largest absolute Gasteiger partial charge is 0.486 e. The van der Waals surface area contributed by atoms with Crippen LogP contribution in [0.4, 0.5) is 0 Å². The molecule has 1 atom stereocenters. The molecule has 2 aromatic rings. The van der Waals surface area contributed by atoms with E-state index < -0.39 is 0 Å². The lowest BCUT2D eigenvalue weighted by molar-refractivity contribution is 0.171. The molecule has 0 aromatic heterocycles. The average molecular weight is 433 g/mol. The normalized spacial score (nSPS) is 14.9. The van der Waals surface area contributed by atoms with Crippen LogP contribution in [0.3, 0.4) is 0 Å². The topological polar surface area (TPSA) is 18.5 Å². The van der Waals surface area contributed by atoms with Crippen molar-refractivity contribution in [2.75, 3.05) is 13.2 Å². The van der Waals surface area contributed by atoms with E-state index in [-0.39, 0.29) is 5.38 Å². The molecule has 1 aliphatic heterocycles. The molecule has 1 aliphatic rings. The SMILES string of the molecule is Cc1c(Br)cccc1C(Cl)c1cc2c(cc1Br)OCCO2. The Kier molecular flexibility index (Phi) is 4.48. The summed E-state index contributed by atoms with van der Waals surface area (Å²) in [6.45, 7) is 3.20. The first-order valence-electron chi connectivity index (χ1n) is 6.56. The van der Waals surface area contributed by atoms with Gasteiger partial charge >= 0.3 is 0 Å². The maximum Gasteiger partial charge on any atom is 0.162 e. The Hall–Kier alpha value is -0.710. The minimum atomic E-state index is -0.257. The van der Waals surface area contributed by atoms with Gasteiger partial charge in [0.25, 0.3) is 0 Å². The van der Waals surface area contributed by atoms with Crippen molar-refractivity contribution in [3.63, 3.8) is 0 Å². The van der Waals surface area contributed by atoms with Gasteiger partial charge in [-0.2, -0.15) is 0 Å². The van der Waals surface area contributed by atoms with E-state index >= 15 is 0 Å². The Bertz CT molecular complexity index is 688. The number of ether oxygens (including phenoxy) is 2. The lowest BCUT2D eigenvalue weighted by Gasteiger charge is -2.22. The van der Waals surface area contributed by atoms with Gasteiger partial charge in [-0.1, -0.05) is 44.0 Å². The van der Waals surface area contributed by atoms with E-state index in [1.807, 2.05) is 30.3 Å². The average Bonchev–Trinajstić information content (AvgIpc) is 2.48. The summed E-state index contributed by atoms with van der Waals surface area (Å²) in [5.74, 6) is 1.50. The smallest absolute Gasteiger partial charge is 0.162 e.